The van der Waals surface area contributed by atoms with Crippen LogP contribution in [-0.4, -0.2) is 78.3 Å². The highest BCUT2D eigenvalue weighted by molar-refractivity contribution is 7.89. The minimum Gasteiger partial charge on any atom is -0.348 e. The van der Waals surface area contributed by atoms with Gasteiger partial charge in [0.1, 0.15) is 0 Å². The fraction of sp³-hybridized carbons (Fsp3) is 0.654. The fourth-order valence-corrected chi connectivity index (χ4v) is 7.70. The number of piperazine rings is 1. The van der Waals surface area contributed by atoms with Crippen molar-refractivity contribution in [3.63, 3.8) is 0 Å². The average Bonchev–Trinajstić information content (AvgIpc) is 3.31. The fourth-order valence-electron chi connectivity index (χ4n) is 6.14. The lowest BCUT2D eigenvalue weighted by atomic mass is 9.93. The zero-order valence-corrected chi connectivity index (χ0v) is 21.2. The molecule has 2 aromatic rings. The quantitative estimate of drug-likeness (QED) is 0.649. The third kappa shape index (κ3) is 4.64. The maximum absolute atomic E-state index is 13.5. The first kappa shape index (κ1) is 23.8. The number of sulfonamides is 1. The van der Waals surface area contributed by atoms with Crippen LogP contribution >= 0.6 is 0 Å². The van der Waals surface area contributed by atoms with E-state index in [1.54, 1.807) is 12.1 Å². The van der Waals surface area contributed by atoms with Gasteiger partial charge in [-0.3, -0.25) is 9.69 Å². The molecular formula is C26H38N4O3S. The normalized spacial score (nSPS) is 24.0. The highest BCUT2D eigenvalue weighted by Crippen LogP contribution is 2.29. The molecular weight excluding hydrogens is 448 g/mol. The molecule has 1 aromatic heterocycles. The predicted octanol–water partition coefficient (Wildman–Crippen LogP) is 3.54. The van der Waals surface area contributed by atoms with E-state index in [9.17, 15) is 13.2 Å². The van der Waals surface area contributed by atoms with Crippen molar-refractivity contribution >= 4 is 26.8 Å². The van der Waals surface area contributed by atoms with Crippen molar-refractivity contribution in [2.75, 3.05) is 39.3 Å². The third-order valence-electron chi connectivity index (χ3n) is 8.17. The number of piperidine rings is 1. The van der Waals surface area contributed by atoms with E-state index in [0.29, 0.717) is 17.5 Å². The van der Waals surface area contributed by atoms with Crippen molar-refractivity contribution in [1.82, 2.24) is 18.7 Å². The summed E-state index contributed by atoms with van der Waals surface area (Å²) in [6, 6.07) is 8.03. The molecule has 1 saturated carbocycles. The van der Waals surface area contributed by atoms with Gasteiger partial charge in [0.15, 0.2) is 0 Å². The van der Waals surface area contributed by atoms with E-state index in [1.807, 2.05) is 23.2 Å². The molecule has 8 heteroatoms. The number of amides is 1. The second kappa shape index (κ2) is 9.99. The van der Waals surface area contributed by atoms with Crippen molar-refractivity contribution in [3.8, 4) is 0 Å². The van der Waals surface area contributed by atoms with Crippen LogP contribution in [0.4, 0.5) is 0 Å². The number of carbonyl (C=O) groups is 1. The van der Waals surface area contributed by atoms with Crippen LogP contribution in [0.2, 0.25) is 0 Å². The van der Waals surface area contributed by atoms with Crippen LogP contribution in [-0.2, 0) is 21.4 Å². The summed E-state index contributed by atoms with van der Waals surface area (Å²) < 4.78 is 30.6. The van der Waals surface area contributed by atoms with Gasteiger partial charge in [-0.05, 0) is 56.9 Å². The topological polar surface area (TPSA) is 65.9 Å². The molecule has 5 rings (SSSR count). The first-order chi connectivity index (χ1) is 16.5. The van der Waals surface area contributed by atoms with Crippen LogP contribution in [0.15, 0.2) is 35.4 Å². The molecule has 2 aliphatic heterocycles. The number of aromatic nitrogens is 1. The van der Waals surface area contributed by atoms with Crippen molar-refractivity contribution < 1.29 is 13.2 Å². The summed E-state index contributed by atoms with van der Waals surface area (Å²) in [5.74, 6) is -0.103. The molecule has 1 aliphatic carbocycles. The van der Waals surface area contributed by atoms with Gasteiger partial charge in [0.25, 0.3) is 0 Å². The summed E-state index contributed by atoms with van der Waals surface area (Å²) in [6.07, 6.45) is 10.1. The van der Waals surface area contributed by atoms with E-state index in [1.165, 1.54) is 36.4 Å². The molecule has 3 aliphatic rings. The zero-order valence-electron chi connectivity index (χ0n) is 20.4. The monoisotopic (exact) mass is 486 g/mol. The number of fused-ring (bicyclic) bond motifs is 1. The highest BCUT2D eigenvalue weighted by atomic mass is 32.2. The molecule has 1 amide bonds. The summed E-state index contributed by atoms with van der Waals surface area (Å²) in [4.78, 5) is 18.2. The Morgan fingerprint density at radius 2 is 1.71 bits per heavy atom. The molecule has 7 nitrogen and oxygen atoms in total. The van der Waals surface area contributed by atoms with Gasteiger partial charge in [-0.2, -0.15) is 4.31 Å². The van der Waals surface area contributed by atoms with Gasteiger partial charge < -0.3 is 9.47 Å². The average molecular weight is 487 g/mol. The molecule has 0 bridgehead atoms. The lowest BCUT2D eigenvalue weighted by Gasteiger charge is -2.42. The van der Waals surface area contributed by atoms with Gasteiger partial charge >= 0.3 is 0 Å². The Morgan fingerprint density at radius 1 is 0.941 bits per heavy atom. The second-order valence-corrected chi connectivity index (χ2v) is 12.1. The summed E-state index contributed by atoms with van der Waals surface area (Å²) in [5.41, 5.74) is 1.04. The number of benzene rings is 1. The molecule has 34 heavy (non-hydrogen) atoms. The molecule has 3 heterocycles. The molecule has 0 spiro atoms. The highest BCUT2D eigenvalue weighted by Gasteiger charge is 2.36. The first-order valence-electron chi connectivity index (χ1n) is 13.1. The van der Waals surface area contributed by atoms with Gasteiger partial charge in [0.2, 0.25) is 15.9 Å². The summed E-state index contributed by atoms with van der Waals surface area (Å²) in [6.45, 7) is 7.12. The van der Waals surface area contributed by atoms with E-state index in [-0.39, 0.29) is 18.4 Å². The molecule has 0 radical (unpaired) electrons. The zero-order chi connectivity index (χ0) is 23.7. The molecule has 1 atom stereocenters. The van der Waals surface area contributed by atoms with Crippen molar-refractivity contribution in [1.29, 1.82) is 0 Å². The molecule has 3 fully saturated rings. The van der Waals surface area contributed by atoms with Gasteiger partial charge in [0.05, 0.1) is 10.8 Å². The van der Waals surface area contributed by atoms with Gasteiger partial charge in [-0.15, -0.1) is 0 Å². The van der Waals surface area contributed by atoms with Crippen molar-refractivity contribution in [2.24, 2.45) is 5.92 Å². The van der Waals surface area contributed by atoms with E-state index < -0.39 is 10.0 Å². The molecule has 0 N–H and O–H groups in total. The Hall–Kier alpha value is -1.90. The van der Waals surface area contributed by atoms with E-state index in [2.05, 4.69) is 16.4 Å². The maximum atomic E-state index is 13.5. The SMILES string of the molecule is CCn1ccc2cc(S(=O)(=O)N3CCCC(C(=O)N4CCN(C5CCCCC5)CC4)C3)ccc21. The Bertz CT molecular complexity index is 1110. The molecule has 186 valence electrons. The van der Waals surface area contributed by atoms with E-state index >= 15 is 0 Å². The van der Waals surface area contributed by atoms with Gasteiger partial charge in [-0.25, -0.2) is 8.42 Å². The number of nitrogens with zero attached hydrogens (tertiary/aromatic N) is 4. The van der Waals surface area contributed by atoms with E-state index in [4.69, 9.17) is 0 Å². The predicted molar refractivity (Wildman–Crippen MR) is 134 cm³/mol. The van der Waals surface area contributed by atoms with Crippen molar-refractivity contribution in [3.05, 3.63) is 30.5 Å². The lowest BCUT2D eigenvalue weighted by molar-refractivity contribution is -0.138. The summed E-state index contributed by atoms with van der Waals surface area (Å²) in [5, 5.41) is 0.934. The van der Waals surface area contributed by atoms with Gasteiger partial charge in [0, 0.05) is 69.0 Å². The minimum absolute atomic E-state index is 0.138. The second-order valence-electron chi connectivity index (χ2n) is 10.2. The standard InChI is InChI=1S/C26H38N4O3S/c1-2-27-14-12-21-19-24(10-11-25(21)27)34(32,33)30-13-6-7-22(20-30)26(31)29-17-15-28(16-18-29)23-8-4-3-5-9-23/h10-12,14,19,22-23H,2-9,13,15-18,20H2,1H3. The number of hydrogen-bond donors (Lipinski definition) is 0. The summed E-state index contributed by atoms with van der Waals surface area (Å²) >= 11 is 0. The smallest absolute Gasteiger partial charge is 0.243 e. The van der Waals surface area contributed by atoms with Gasteiger partial charge in [-0.1, -0.05) is 19.3 Å². The van der Waals surface area contributed by atoms with Crippen LogP contribution in [0, 0.1) is 5.92 Å². The number of hydrogen-bond acceptors (Lipinski definition) is 4. The molecule has 1 aromatic carbocycles. The summed E-state index contributed by atoms with van der Waals surface area (Å²) in [7, 11) is -3.63. The third-order valence-corrected chi connectivity index (χ3v) is 10.0. The number of aryl methyl sites for hydroxylation is 1. The van der Waals surface area contributed by atoms with Crippen LogP contribution in [0.25, 0.3) is 10.9 Å². The van der Waals surface area contributed by atoms with Crippen LogP contribution in [0.1, 0.15) is 51.9 Å². The Kier molecular flexibility index (Phi) is 7.00. The van der Waals surface area contributed by atoms with Crippen LogP contribution in [0.3, 0.4) is 0 Å². The maximum Gasteiger partial charge on any atom is 0.243 e. The lowest BCUT2D eigenvalue weighted by Crippen LogP contribution is -2.55. The largest absolute Gasteiger partial charge is 0.348 e. The number of carbonyl (C=O) groups excluding carboxylic acids is 1. The number of rotatable bonds is 5. The van der Waals surface area contributed by atoms with E-state index in [0.717, 1.165) is 56.5 Å². The Morgan fingerprint density at radius 3 is 2.44 bits per heavy atom. The van der Waals surface area contributed by atoms with Crippen molar-refractivity contribution in [2.45, 2.75) is 69.4 Å². The minimum atomic E-state index is -3.63. The molecule has 1 unspecified atom stereocenters. The Labute approximate surface area is 203 Å². The van der Waals surface area contributed by atoms with Crippen LogP contribution < -0.4 is 0 Å². The first-order valence-corrected chi connectivity index (χ1v) is 14.5. The van der Waals surface area contributed by atoms with Crippen LogP contribution in [0.5, 0.6) is 0 Å². The molecule has 2 saturated heterocycles. The Balaban J connectivity index is 1.23.